The number of ether oxygens (including phenoxy) is 1. The van der Waals surface area contributed by atoms with Crippen LogP contribution in [0.3, 0.4) is 0 Å². The predicted molar refractivity (Wildman–Crippen MR) is 100 cm³/mol. The van der Waals surface area contributed by atoms with E-state index >= 15 is 0 Å². The number of halogens is 1. The number of carbonyl (C=O) groups excluding carboxylic acids is 2. The lowest BCUT2D eigenvalue weighted by Gasteiger charge is -2.19. The molecule has 0 saturated carbocycles. The van der Waals surface area contributed by atoms with E-state index in [1.165, 1.54) is 11.8 Å². The summed E-state index contributed by atoms with van der Waals surface area (Å²) in [7, 11) is 0. The third kappa shape index (κ3) is 5.82. The second-order valence-electron chi connectivity index (χ2n) is 5.69. The molecule has 0 atom stereocenters. The first-order valence-electron chi connectivity index (χ1n) is 6.86. The largest absolute Gasteiger partial charge is 0.459 e. The lowest BCUT2D eigenvalue weighted by Crippen LogP contribution is -2.25. The lowest BCUT2D eigenvalue weighted by molar-refractivity contribution is -0.151. The molecule has 1 aromatic rings. The monoisotopic (exact) mass is 413 g/mol. The van der Waals surface area contributed by atoms with Crippen LogP contribution < -0.4 is 0 Å². The third-order valence-corrected chi connectivity index (χ3v) is 5.24. The number of rotatable bonds is 3. The number of carbonyl (C=O) groups is 2. The molecule has 0 aromatic heterocycles. The molecule has 0 bridgehead atoms. The van der Waals surface area contributed by atoms with E-state index in [2.05, 4.69) is 20.9 Å². The van der Waals surface area contributed by atoms with Crippen LogP contribution in [0.1, 0.15) is 26.3 Å². The van der Waals surface area contributed by atoms with E-state index in [9.17, 15) is 9.59 Å². The van der Waals surface area contributed by atoms with E-state index < -0.39 is 5.60 Å². The SMILES string of the molecule is CC(C)(C)OC(=O)CSC1=NC(=Cc2ccccc2Br)C(=O)S1. The van der Waals surface area contributed by atoms with E-state index in [0.29, 0.717) is 10.1 Å². The molecule has 0 spiro atoms. The minimum Gasteiger partial charge on any atom is -0.459 e. The van der Waals surface area contributed by atoms with Crippen LogP contribution in [0.4, 0.5) is 0 Å². The Kier molecular flexibility index (Phi) is 6.11. The zero-order valence-electron chi connectivity index (χ0n) is 13.0. The summed E-state index contributed by atoms with van der Waals surface area (Å²) in [5.74, 6) is -0.180. The fourth-order valence-corrected chi connectivity index (χ4v) is 3.70. The fraction of sp³-hybridized carbons (Fsp3) is 0.312. The first kappa shape index (κ1) is 18.3. The van der Waals surface area contributed by atoms with Crippen molar-refractivity contribution in [3.8, 4) is 0 Å². The maximum absolute atomic E-state index is 12.0. The lowest BCUT2D eigenvalue weighted by atomic mass is 10.2. The van der Waals surface area contributed by atoms with E-state index in [1.807, 2.05) is 45.0 Å². The van der Waals surface area contributed by atoms with Crippen molar-refractivity contribution >= 4 is 61.0 Å². The molecule has 0 unspecified atom stereocenters. The number of benzene rings is 1. The Balaban J connectivity index is 2.02. The van der Waals surface area contributed by atoms with Crippen molar-refractivity contribution in [2.45, 2.75) is 26.4 Å². The predicted octanol–water partition coefficient (Wildman–Crippen LogP) is 4.49. The van der Waals surface area contributed by atoms with Crippen molar-refractivity contribution in [3.05, 3.63) is 40.0 Å². The number of esters is 1. The van der Waals surface area contributed by atoms with Gasteiger partial charge in [0.2, 0.25) is 5.12 Å². The molecule has 23 heavy (non-hydrogen) atoms. The van der Waals surface area contributed by atoms with Gasteiger partial charge in [0.05, 0.1) is 5.75 Å². The van der Waals surface area contributed by atoms with E-state index in [0.717, 1.165) is 21.8 Å². The molecule has 0 saturated heterocycles. The molecule has 0 fully saturated rings. The van der Waals surface area contributed by atoms with Gasteiger partial charge in [-0.05, 0) is 50.2 Å². The summed E-state index contributed by atoms with van der Waals surface area (Å²) >= 11 is 5.70. The van der Waals surface area contributed by atoms with Gasteiger partial charge in [0.25, 0.3) is 0 Å². The smallest absolute Gasteiger partial charge is 0.316 e. The molecule has 0 aliphatic carbocycles. The van der Waals surface area contributed by atoms with E-state index in [-0.39, 0.29) is 16.8 Å². The standard InChI is InChI=1S/C16H16BrNO3S2/c1-16(2,3)21-13(19)9-22-15-18-12(14(20)23-15)8-10-6-4-5-7-11(10)17/h4-8H,9H2,1-3H3. The molecule has 1 aliphatic heterocycles. The summed E-state index contributed by atoms with van der Waals surface area (Å²) in [5, 5.41) is -0.118. The second-order valence-corrected chi connectivity index (χ2v) is 8.73. The summed E-state index contributed by atoms with van der Waals surface area (Å²) in [6.45, 7) is 5.46. The Labute approximate surface area is 152 Å². The van der Waals surface area contributed by atoms with Crippen LogP contribution in [0.15, 0.2) is 39.4 Å². The summed E-state index contributed by atoms with van der Waals surface area (Å²) in [6.07, 6.45) is 1.74. The third-order valence-electron chi connectivity index (χ3n) is 2.53. The molecule has 122 valence electrons. The van der Waals surface area contributed by atoms with Gasteiger partial charge in [-0.25, -0.2) is 4.99 Å². The quantitative estimate of drug-likeness (QED) is 0.539. The van der Waals surface area contributed by atoms with Crippen LogP contribution in [-0.4, -0.2) is 26.8 Å². The van der Waals surface area contributed by atoms with Crippen molar-refractivity contribution in [1.29, 1.82) is 0 Å². The van der Waals surface area contributed by atoms with Gasteiger partial charge >= 0.3 is 5.97 Å². The maximum Gasteiger partial charge on any atom is 0.316 e. The molecule has 2 rings (SSSR count). The molecule has 0 N–H and O–H groups in total. The Morgan fingerprint density at radius 1 is 1.39 bits per heavy atom. The molecule has 4 nitrogen and oxygen atoms in total. The van der Waals surface area contributed by atoms with Crippen LogP contribution >= 0.6 is 39.5 Å². The molecule has 0 amide bonds. The maximum atomic E-state index is 12.0. The second kappa shape index (κ2) is 7.68. The molecule has 1 aliphatic rings. The number of hydrogen-bond acceptors (Lipinski definition) is 6. The Bertz CT molecular complexity index is 693. The van der Waals surface area contributed by atoms with Crippen LogP contribution in [0.2, 0.25) is 0 Å². The van der Waals surface area contributed by atoms with Gasteiger partial charge in [0.1, 0.15) is 15.7 Å². The summed E-state index contributed by atoms with van der Waals surface area (Å²) < 4.78 is 6.70. The Morgan fingerprint density at radius 2 is 2.09 bits per heavy atom. The highest BCUT2D eigenvalue weighted by Crippen LogP contribution is 2.32. The van der Waals surface area contributed by atoms with Crippen molar-refractivity contribution in [2.24, 2.45) is 4.99 Å². The van der Waals surface area contributed by atoms with Crippen molar-refractivity contribution in [3.63, 3.8) is 0 Å². The highest BCUT2D eigenvalue weighted by molar-refractivity contribution is 9.10. The van der Waals surface area contributed by atoms with Crippen molar-refractivity contribution < 1.29 is 14.3 Å². The molecule has 7 heteroatoms. The highest BCUT2D eigenvalue weighted by atomic mass is 79.9. The highest BCUT2D eigenvalue weighted by Gasteiger charge is 2.24. The van der Waals surface area contributed by atoms with Crippen LogP contribution in [-0.2, 0) is 14.3 Å². The van der Waals surface area contributed by atoms with Crippen LogP contribution in [0.25, 0.3) is 6.08 Å². The minimum absolute atomic E-state index is 0.118. The fourth-order valence-electron chi connectivity index (χ4n) is 1.68. The molecular weight excluding hydrogens is 398 g/mol. The molecule has 1 heterocycles. The zero-order valence-corrected chi connectivity index (χ0v) is 16.2. The first-order valence-corrected chi connectivity index (χ1v) is 9.46. The summed E-state index contributed by atoms with van der Waals surface area (Å²) in [5.41, 5.74) is 0.759. The van der Waals surface area contributed by atoms with Gasteiger partial charge in [-0.2, -0.15) is 0 Å². The number of aliphatic imine (C=N–C) groups is 1. The van der Waals surface area contributed by atoms with E-state index in [4.69, 9.17) is 4.74 Å². The first-order chi connectivity index (χ1) is 10.7. The summed E-state index contributed by atoms with van der Waals surface area (Å²) in [4.78, 5) is 28.0. The summed E-state index contributed by atoms with van der Waals surface area (Å²) in [6, 6.07) is 7.60. The average molecular weight is 414 g/mol. The van der Waals surface area contributed by atoms with E-state index in [1.54, 1.807) is 6.08 Å². The van der Waals surface area contributed by atoms with Gasteiger partial charge in [0.15, 0.2) is 0 Å². The van der Waals surface area contributed by atoms with Crippen LogP contribution in [0.5, 0.6) is 0 Å². The van der Waals surface area contributed by atoms with Crippen molar-refractivity contribution in [2.75, 3.05) is 5.75 Å². The Morgan fingerprint density at radius 3 is 2.74 bits per heavy atom. The number of hydrogen-bond donors (Lipinski definition) is 0. The molecule has 0 radical (unpaired) electrons. The van der Waals surface area contributed by atoms with Gasteiger partial charge in [-0.1, -0.05) is 45.9 Å². The van der Waals surface area contributed by atoms with Crippen molar-refractivity contribution in [1.82, 2.24) is 0 Å². The average Bonchev–Trinajstić information content (AvgIpc) is 2.78. The topological polar surface area (TPSA) is 55.7 Å². The molecular formula is C16H16BrNO3S2. The normalized spacial score (nSPS) is 16.6. The van der Waals surface area contributed by atoms with Gasteiger partial charge < -0.3 is 4.74 Å². The molecule has 1 aromatic carbocycles. The van der Waals surface area contributed by atoms with Gasteiger partial charge in [-0.15, -0.1) is 0 Å². The number of nitrogens with zero attached hydrogens (tertiary/aromatic N) is 1. The number of thioether (sulfide) groups is 2. The minimum atomic E-state index is -0.511. The van der Waals surface area contributed by atoms with Gasteiger partial charge in [-0.3, -0.25) is 9.59 Å². The van der Waals surface area contributed by atoms with Gasteiger partial charge in [0, 0.05) is 4.47 Å². The zero-order chi connectivity index (χ0) is 17.0. The Hall–Kier alpha value is -1.05. The van der Waals surface area contributed by atoms with Crippen LogP contribution in [0, 0.1) is 0 Å².